The zero-order chi connectivity index (χ0) is 29.3. The molecule has 3 heterocycles. The van der Waals surface area contributed by atoms with E-state index in [1.807, 2.05) is 26.8 Å². The highest BCUT2D eigenvalue weighted by Gasteiger charge is 2.29. The summed E-state index contributed by atoms with van der Waals surface area (Å²) in [6.45, 7) is 7.62. The van der Waals surface area contributed by atoms with Gasteiger partial charge in [0.2, 0.25) is 5.95 Å². The molecule has 0 saturated carbocycles. The molecule has 1 aliphatic rings. The summed E-state index contributed by atoms with van der Waals surface area (Å²) in [5.41, 5.74) is 2.24. The summed E-state index contributed by atoms with van der Waals surface area (Å²) in [5.74, 6) is -0.592. The Bertz CT molecular complexity index is 1570. The van der Waals surface area contributed by atoms with Crippen LogP contribution in [0.25, 0.3) is 22.3 Å². The fourth-order valence-electron chi connectivity index (χ4n) is 5.07. The van der Waals surface area contributed by atoms with E-state index in [1.165, 1.54) is 12.1 Å². The largest absolute Gasteiger partial charge is 0.505 e. The van der Waals surface area contributed by atoms with Crippen molar-refractivity contribution in [3.05, 3.63) is 70.1 Å². The summed E-state index contributed by atoms with van der Waals surface area (Å²) in [7, 11) is 0. The molecule has 1 amide bonds. The number of hydrogen-bond donors (Lipinski definition) is 2. The third-order valence-electron chi connectivity index (χ3n) is 6.93. The van der Waals surface area contributed by atoms with Gasteiger partial charge < -0.3 is 24.6 Å². The molecular formula is C30H32Cl2FN5O3. The van der Waals surface area contributed by atoms with Gasteiger partial charge in [-0.25, -0.2) is 14.2 Å². The van der Waals surface area contributed by atoms with Crippen molar-refractivity contribution in [3.8, 4) is 17.0 Å². The van der Waals surface area contributed by atoms with Crippen molar-refractivity contribution >= 4 is 46.3 Å². The van der Waals surface area contributed by atoms with Crippen molar-refractivity contribution in [2.24, 2.45) is 5.92 Å². The molecule has 216 valence electrons. The van der Waals surface area contributed by atoms with Gasteiger partial charge in [0.15, 0.2) is 11.6 Å². The number of nitrogens with zero attached hydrogens (tertiary/aromatic N) is 4. The summed E-state index contributed by atoms with van der Waals surface area (Å²) in [4.78, 5) is 23.9. The maximum Gasteiger partial charge on any atom is 0.410 e. The molecule has 41 heavy (non-hydrogen) atoms. The number of amides is 1. The minimum absolute atomic E-state index is 0.137. The number of phenols is 1. The molecule has 4 aromatic rings. The highest BCUT2D eigenvalue weighted by molar-refractivity contribution is 6.39. The molecule has 1 atom stereocenters. The number of nitrogens with one attached hydrogen (secondary N) is 1. The van der Waals surface area contributed by atoms with Crippen LogP contribution in [0.3, 0.4) is 0 Å². The Balaban J connectivity index is 1.48. The van der Waals surface area contributed by atoms with Crippen LogP contribution < -0.4 is 5.32 Å². The van der Waals surface area contributed by atoms with Gasteiger partial charge in [-0.2, -0.15) is 4.98 Å². The maximum atomic E-state index is 13.8. The number of likely N-dealkylation sites (tertiary alicyclic amines) is 1. The Hall–Kier alpha value is -3.56. The molecule has 11 heteroatoms. The van der Waals surface area contributed by atoms with Gasteiger partial charge in [0.05, 0.1) is 15.7 Å². The maximum absolute atomic E-state index is 13.8. The number of hydrogen-bond acceptors (Lipinski definition) is 6. The quantitative estimate of drug-likeness (QED) is 0.238. The van der Waals surface area contributed by atoms with Crippen LogP contribution in [0.5, 0.6) is 5.75 Å². The molecule has 1 saturated heterocycles. The molecular weight excluding hydrogens is 568 g/mol. The van der Waals surface area contributed by atoms with E-state index in [0.29, 0.717) is 52.4 Å². The Morgan fingerprint density at radius 2 is 1.95 bits per heavy atom. The second-order valence-corrected chi connectivity index (χ2v) is 12.1. The van der Waals surface area contributed by atoms with Crippen LogP contribution in [0, 0.1) is 11.7 Å². The van der Waals surface area contributed by atoms with Crippen LogP contribution in [0.2, 0.25) is 10.0 Å². The smallest absolute Gasteiger partial charge is 0.410 e. The van der Waals surface area contributed by atoms with Crippen molar-refractivity contribution in [1.82, 2.24) is 19.4 Å². The van der Waals surface area contributed by atoms with Crippen molar-refractivity contribution in [3.63, 3.8) is 0 Å². The van der Waals surface area contributed by atoms with Crippen molar-refractivity contribution < 1.29 is 19.0 Å². The molecule has 0 radical (unpaired) electrons. The van der Waals surface area contributed by atoms with Gasteiger partial charge >= 0.3 is 6.09 Å². The summed E-state index contributed by atoms with van der Waals surface area (Å²) >= 11 is 13.3. The number of rotatable bonds is 6. The molecule has 0 aliphatic carbocycles. The van der Waals surface area contributed by atoms with E-state index in [4.69, 9.17) is 32.9 Å². The number of halogens is 3. The van der Waals surface area contributed by atoms with E-state index in [2.05, 4.69) is 14.9 Å². The average Bonchev–Trinajstić information content (AvgIpc) is 3.25. The zero-order valence-electron chi connectivity index (χ0n) is 23.1. The number of carbonyl (C=O) groups excluding carboxylic acids is 1. The van der Waals surface area contributed by atoms with Crippen molar-refractivity contribution in [1.29, 1.82) is 0 Å². The van der Waals surface area contributed by atoms with Crippen LogP contribution in [-0.2, 0) is 17.8 Å². The zero-order valence-corrected chi connectivity index (χ0v) is 24.6. The lowest BCUT2D eigenvalue weighted by atomic mass is 9.98. The molecule has 0 unspecified atom stereocenters. The molecule has 2 N–H and O–H groups in total. The van der Waals surface area contributed by atoms with E-state index in [0.717, 1.165) is 23.9 Å². The Morgan fingerprint density at radius 3 is 2.66 bits per heavy atom. The van der Waals surface area contributed by atoms with Crippen LogP contribution in [-0.4, -0.2) is 49.3 Å². The second-order valence-electron chi connectivity index (χ2n) is 11.3. The fourth-order valence-corrected chi connectivity index (χ4v) is 5.66. The lowest BCUT2D eigenvalue weighted by Crippen LogP contribution is -2.43. The number of fused-ring (bicyclic) bond motifs is 1. The van der Waals surface area contributed by atoms with Crippen molar-refractivity contribution in [2.45, 2.75) is 52.3 Å². The third kappa shape index (κ3) is 6.68. The normalized spacial score (nSPS) is 15.8. The number of benzene rings is 2. The number of phenolic OH excluding ortho intramolecular Hbond substituents is 1. The van der Waals surface area contributed by atoms with Crippen LogP contribution in [0.1, 0.15) is 39.2 Å². The summed E-state index contributed by atoms with van der Waals surface area (Å²) < 4.78 is 21.5. The third-order valence-corrected chi connectivity index (χ3v) is 7.56. The topological polar surface area (TPSA) is 92.5 Å². The predicted octanol–water partition coefficient (Wildman–Crippen LogP) is 7.51. The van der Waals surface area contributed by atoms with Gasteiger partial charge in [-0.3, -0.25) is 0 Å². The number of aromatic hydroxyl groups is 1. The number of anilines is 1. The molecule has 0 spiro atoms. The standard InChI is InChI=1S/C30H32Cl2FN5O3/c1-30(2,3)41-29(40)37-11-5-6-19(16-37)17-38-24(26-21(31)7-4-8-22(26)32)13-20-15-35-28(36-27(20)38)34-14-18-9-10-25(39)23(33)12-18/h4,7-10,12-13,15,19,39H,5-6,11,14,16-17H2,1-3H3,(H,34,35,36)/t19-/m1/s1. The van der Waals surface area contributed by atoms with E-state index in [9.17, 15) is 14.3 Å². The van der Waals surface area contributed by atoms with Gasteiger partial charge in [-0.05, 0) is 75.4 Å². The number of carbonyl (C=O) groups is 1. The Kier molecular flexibility index (Phi) is 8.29. The van der Waals surface area contributed by atoms with Crippen LogP contribution in [0.4, 0.5) is 15.1 Å². The summed E-state index contributed by atoms with van der Waals surface area (Å²) in [6, 6.07) is 11.6. The van der Waals surface area contributed by atoms with E-state index >= 15 is 0 Å². The molecule has 1 aliphatic heterocycles. The Morgan fingerprint density at radius 1 is 1.20 bits per heavy atom. The number of piperidine rings is 1. The van der Waals surface area contributed by atoms with Gasteiger partial charge in [0.25, 0.3) is 0 Å². The predicted molar refractivity (Wildman–Crippen MR) is 159 cm³/mol. The first-order chi connectivity index (χ1) is 19.5. The fraction of sp³-hybridized carbons (Fsp3) is 0.367. The van der Waals surface area contributed by atoms with Gasteiger partial charge in [-0.1, -0.05) is 35.3 Å². The molecule has 1 fully saturated rings. The first-order valence-electron chi connectivity index (χ1n) is 13.5. The minimum atomic E-state index is -0.691. The first-order valence-corrected chi connectivity index (χ1v) is 14.2. The Labute approximate surface area is 248 Å². The minimum Gasteiger partial charge on any atom is -0.505 e. The molecule has 0 bridgehead atoms. The first kappa shape index (κ1) is 29.0. The average molecular weight is 601 g/mol. The monoisotopic (exact) mass is 599 g/mol. The molecule has 5 rings (SSSR count). The SMILES string of the molecule is CC(C)(C)OC(=O)N1CCC[C@@H](Cn2c(-c3c(Cl)cccc3Cl)cc3cnc(NCc4ccc(O)c(F)c4)nc32)C1. The van der Waals surface area contributed by atoms with Gasteiger partial charge in [0, 0.05) is 43.3 Å². The highest BCUT2D eigenvalue weighted by atomic mass is 35.5. The summed E-state index contributed by atoms with van der Waals surface area (Å²) in [5, 5.41) is 14.4. The molecule has 2 aromatic carbocycles. The number of aromatic nitrogens is 3. The highest BCUT2D eigenvalue weighted by Crippen LogP contribution is 2.38. The van der Waals surface area contributed by atoms with Crippen LogP contribution >= 0.6 is 23.2 Å². The lowest BCUT2D eigenvalue weighted by Gasteiger charge is -2.34. The van der Waals surface area contributed by atoms with E-state index < -0.39 is 17.2 Å². The van der Waals surface area contributed by atoms with E-state index in [-0.39, 0.29) is 18.6 Å². The second kappa shape index (κ2) is 11.7. The summed E-state index contributed by atoms with van der Waals surface area (Å²) in [6.07, 6.45) is 3.20. The van der Waals surface area contributed by atoms with Crippen molar-refractivity contribution in [2.75, 3.05) is 18.4 Å². The molecule has 8 nitrogen and oxygen atoms in total. The molecule has 2 aromatic heterocycles. The van der Waals surface area contributed by atoms with E-state index in [1.54, 1.807) is 35.4 Å². The lowest BCUT2D eigenvalue weighted by molar-refractivity contribution is 0.0158. The van der Waals surface area contributed by atoms with Gasteiger partial charge in [-0.15, -0.1) is 0 Å². The van der Waals surface area contributed by atoms with Gasteiger partial charge in [0.1, 0.15) is 11.2 Å². The number of ether oxygens (including phenoxy) is 1. The van der Waals surface area contributed by atoms with Crippen LogP contribution in [0.15, 0.2) is 48.7 Å².